The second-order valence-corrected chi connectivity index (χ2v) is 6.71. The van der Waals surface area contributed by atoms with Gasteiger partial charge in [-0.05, 0) is 29.8 Å². The monoisotopic (exact) mass is 373 g/mol. The zero-order valence-corrected chi connectivity index (χ0v) is 14.7. The quantitative estimate of drug-likeness (QED) is 0.826. The number of hydrogen-bond donors (Lipinski definition) is 0. The molecule has 2 heterocycles. The largest absolute Gasteiger partial charge is 0.338 e. The molecule has 0 aliphatic carbocycles. The number of hydrogen-bond acceptors (Lipinski definition) is 3. The molecule has 114 valence electrons. The van der Waals surface area contributed by atoms with Crippen LogP contribution in [0.4, 0.5) is 0 Å². The summed E-state index contributed by atoms with van der Waals surface area (Å²) in [6, 6.07) is 0. The molecule has 1 amide bonds. The third-order valence-corrected chi connectivity index (χ3v) is 4.12. The topological polar surface area (TPSA) is 56.0 Å². The zero-order valence-electron chi connectivity index (χ0n) is 12.3. The summed E-state index contributed by atoms with van der Waals surface area (Å²) in [5.74, 6) is -0.0598. The molecule has 0 spiro atoms. The van der Waals surface area contributed by atoms with Gasteiger partial charge in [-0.15, -0.1) is 0 Å². The zero-order chi connectivity index (χ0) is 15.8. The molecule has 0 fully saturated rings. The van der Waals surface area contributed by atoms with Crippen molar-refractivity contribution < 1.29 is 4.79 Å². The van der Waals surface area contributed by atoms with Gasteiger partial charge in [0.25, 0.3) is 0 Å². The van der Waals surface area contributed by atoms with Crippen molar-refractivity contribution in [3.05, 3.63) is 33.8 Å². The van der Waals surface area contributed by atoms with Gasteiger partial charge < -0.3 is 4.90 Å². The first-order valence-corrected chi connectivity index (χ1v) is 7.53. The lowest BCUT2D eigenvalue weighted by Gasteiger charge is -2.29. The van der Waals surface area contributed by atoms with E-state index in [1.807, 2.05) is 13.8 Å². The Labute approximate surface area is 136 Å². The first-order chi connectivity index (χ1) is 9.73. The number of aryl methyl sites for hydroxylation is 1. The van der Waals surface area contributed by atoms with Crippen LogP contribution in [-0.4, -0.2) is 37.4 Å². The van der Waals surface area contributed by atoms with E-state index in [2.05, 4.69) is 26.1 Å². The van der Waals surface area contributed by atoms with Crippen LogP contribution in [0.2, 0.25) is 5.02 Å². The van der Waals surface area contributed by atoms with Crippen molar-refractivity contribution in [3.63, 3.8) is 0 Å². The van der Waals surface area contributed by atoms with E-state index in [-0.39, 0.29) is 5.91 Å². The molecule has 2 rings (SSSR count). The molecule has 0 aliphatic rings. The summed E-state index contributed by atoms with van der Waals surface area (Å²) in [4.78, 5) is 14.3. The molecule has 8 heteroatoms. The summed E-state index contributed by atoms with van der Waals surface area (Å²) in [5.41, 5.74) is 0.0104. The molecule has 2 aromatic heterocycles. The lowest BCUT2D eigenvalue weighted by Crippen LogP contribution is -2.45. The van der Waals surface area contributed by atoms with Crippen molar-refractivity contribution in [1.82, 2.24) is 24.5 Å². The van der Waals surface area contributed by atoms with Gasteiger partial charge in [0.1, 0.15) is 5.54 Å². The molecule has 0 N–H and O–H groups in total. The van der Waals surface area contributed by atoms with Gasteiger partial charge in [0.15, 0.2) is 0 Å². The summed E-state index contributed by atoms with van der Waals surface area (Å²) in [7, 11) is 3.54. The lowest BCUT2D eigenvalue weighted by molar-refractivity contribution is -0.139. The van der Waals surface area contributed by atoms with Gasteiger partial charge >= 0.3 is 0 Å². The van der Waals surface area contributed by atoms with E-state index in [9.17, 15) is 4.79 Å². The Balaban J connectivity index is 2.19. The van der Waals surface area contributed by atoms with Crippen molar-refractivity contribution in [2.24, 2.45) is 7.05 Å². The maximum Gasteiger partial charge on any atom is 0.250 e. The molecule has 0 radical (unpaired) electrons. The molecule has 0 saturated heterocycles. The molecule has 0 unspecified atom stereocenters. The van der Waals surface area contributed by atoms with E-state index in [4.69, 9.17) is 11.6 Å². The number of rotatable bonds is 4. The number of likely N-dealkylation sites (N-methyl/N-ethyl adjacent to an activating group) is 1. The number of carbonyl (C=O) groups excluding carboxylic acids is 1. The number of amides is 1. The maximum atomic E-state index is 12.7. The van der Waals surface area contributed by atoms with Crippen LogP contribution >= 0.6 is 27.5 Å². The molecule has 0 aromatic carbocycles. The van der Waals surface area contributed by atoms with Crippen LogP contribution in [0.5, 0.6) is 0 Å². The van der Waals surface area contributed by atoms with E-state index in [1.165, 1.54) is 0 Å². The number of aromatic nitrogens is 4. The fourth-order valence-electron chi connectivity index (χ4n) is 2.08. The molecular formula is C13H17BrClN5O. The highest BCUT2D eigenvalue weighted by Crippen LogP contribution is 2.22. The average Bonchev–Trinajstić information content (AvgIpc) is 2.99. The molecule has 0 atom stereocenters. The van der Waals surface area contributed by atoms with E-state index >= 15 is 0 Å². The minimum absolute atomic E-state index is 0.0598. The highest BCUT2D eigenvalue weighted by atomic mass is 79.9. The van der Waals surface area contributed by atoms with Crippen molar-refractivity contribution in [2.75, 3.05) is 7.05 Å². The molecule has 0 bridgehead atoms. The van der Waals surface area contributed by atoms with E-state index < -0.39 is 5.54 Å². The van der Waals surface area contributed by atoms with E-state index in [0.29, 0.717) is 11.6 Å². The Bertz CT molecular complexity index is 644. The molecule has 2 aromatic rings. The van der Waals surface area contributed by atoms with Gasteiger partial charge in [-0.25, -0.2) is 0 Å². The van der Waals surface area contributed by atoms with Gasteiger partial charge in [-0.1, -0.05) is 11.6 Å². The van der Waals surface area contributed by atoms with Crippen LogP contribution in [-0.2, 0) is 23.9 Å². The predicted octanol–water partition coefficient (Wildman–Crippen LogP) is 2.43. The fraction of sp³-hybridized carbons (Fsp3) is 0.462. The van der Waals surface area contributed by atoms with Crippen LogP contribution in [0.1, 0.15) is 19.5 Å². The first-order valence-electron chi connectivity index (χ1n) is 6.36. The van der Waals surface area contributed by atoms with Gasteiger partial charge in [-0.3, -0.25) is 14.2 Å². The minimum atomic E-state index is -0.786. The summed E-state index contributed by atoms with van der Waals surface area (Å²) in [6.07, 6.45) is 5.01. The van der Waals surface area contributed by atoms with Crippen molar-refractivity contribution in [1.29, 1.82) is 0 Å². The van der Waals surface area contributed by atoms with Crippen LogP contribution in [0.15, 0.2) is 23.1 Å². The van der Waals surface area contributed by atoms with Gasteiger partial charge in [0.05, 0.1) is 34.1 Å². The molecular weight excluding hydrogens is 358 g/mol. The van der Waals surface area contributed by atoms with Crippen LogP contribution in [0.3, 0.4) is 0 Å². The molecule has 0 aliphatic heterocycles. The molecule has 0 saturated carbocycles. The second-order valence-electron chi connectivity index (χ2n) is 5.39. The fourth-order valence-corrected chi connectivity index (χ4v) is 2.59. The Kier molecular flexibility index (Phi) is 4.43. The number of carbonyl (C=O) groups is 1. The van der Waals surface area contributed by atoms with E-state index in [1.54, 1.807) is 46.9 Å². The van der Waals surface area contributed by atoms with Gasteiger partial charge in [0.2, 0.25) is 5.91 Å². The maximum absolute atomic E-state index is 12.7. The Hall–Kier alpha value is -1.34. The minimum Gasteiger partial charge on any atom is -0.338 e. The number of halogens is 2. The Morgan fingerprint density at radius 2 is 2.10 bits per heavy atom. The highest BCUT2D eigenvalue weighted by molar-refractivity contribution is 9.10. The summed E-state index contributed by atoms with van der Waals surface area (Å²) < 4.78 is 4.14. The second kappa shape index (κ2) is 5.81. The van der Waals surface area contributed by atoms with Crippen LogP contribution < -0.4 is 0 Å². The van der Waals surface area contributed by atoms with E-state index in [0.717, 1.165) is 10.2 Å². The Morgan fingerprint density at radius 1 is 1.43 bits per heavy atom. The predicted molar refractivity (Wildman–Crippen MR) is 83.9 cm³/mol. The van der Waals surface area contributed by atoms with Gasteiger partial charge in [-0.2, -0.15) is 10.2 Å². The molecule has 6 nitrogen and oxygen atoms in total. The third-order valence-electron chi connectivity index (χ3n) is 3.39. The van der Waals surface area contributed by atoms with Crippen molar-refractivity contribution in [3.8, 4) is 0 Å². The summed E-state index contributed by atoms with van der Waals surface area (Å²) >= 11 is 9.42. The Morgan fingerprint density at radius 3 is 2.57 bits per heavy atom. The third kappa shape index (κ3) is 3.13. The summed E-state index contributed by atoms with van der Waals surface area (Å²) in [5, 5.41) is 8.83. The average molecular weight is 375 g/mol. The van der Waals surface area contributed by atoms with Crippen molar-refractivity contribution in [2.45, 2.75) is 25.9 Å². The molecule has 21 heavy (non-hydrogen) atoms. The lowest BCUT2D eigenvalue weighted by atomic mass is 10.0. The number of nitrogens with zero attached hydrogens (tertiary/aromatic N) is 5. The van der Waals surface area contributed by atoms with Crippen LogP contribution in [0.25, 0.3) is 0 Å². The van der Waals surface area contributed by atoms with Crippen LogP contribution in [0, 0.1) is 0 Å². The first kappa shape index (κ1) is 16.0. The summed E-state index contributed by atoms with van der Waals surface area (Å²) in [6.45, 7) is 4.05. The van der Waals surface area contributed by atoms with Gasteiger partial charge in [0, 0.05) is 20.3 Å². The highest BCUT2D eigenvalue weighted by Gasteiger charge is 2.33. The standard InChI is InChI=1S/C13H17BrClN5O/c1-13(2,20-7-9(14)5-17-20)12(21)18(3)8-11-10(15)6-16-19(11)4/h5-7H,8H2,1-4H3. The SMILES string of the molecule is CN(Cc1c(Cl)cnn1C)C(=O)C(C)(C)n1cc(Br)cn1. The van der Waals surface area contributed by atoms with Crippen molar-refractivity contribution >= 4 is 33.4 Å². The normalized spacial score (nSPS) is 11.7. The smallest absolute Gasteiger partial charge is 0.250 e.